The second-order valence-corrected chi connectivity index (χ2v) is 5.08. The van der Waals surface area contributed by atoms with Crippen molar-refractivity contribution in [1.82, 2.24) is 14.8 Å². The molecule has 120 valence electrons. The molecule has 5 nitrogen and oxygen atoms in total. The van der Waals surface area contributed by atoms with E-state index in [4.69, 9.17) is 4.74 Å². The lowest BCUT2D eigenvalue weighted by Crippen LogP contribution is -2.19. The fourth-order valence-electron chi connectivity index (χ4n) is 1.74. The Morgan fingerprint density at radius 1 is 1.27 bits per heavy atom. The Hall–Kier alpha value is -2.25. The third-order valence-electron chi connectivity index (χ3n) is 2.60. The molecule has 0 aliphatic heterocycles. The molecular weight excluding hydrogens is 299 g/mol. The third kappa shape index (κ3) is 3.90. The van der Waals surface area contributed by atoms with E-state index < -0.39 is 17.7 Å². The summed E-state index contributed by atoms with van der Waals surface area (Å²) in [6, 6.07) is 3.54. The van der Waals surface area contributed by atoms with Gasteiger partial charge in [0.2, 0.25) is 0 Å². The molecule has 0 radical (unpaired) electrons. The molecule has 1 aromatic carbocycles. The quantitative estimate of drug-likeness (QED) is 0.834. The zero-order chi connectivity index (χ0) is 16.5. The summed E-state index contributed by atoms with van der Waals surface area (Å²) in [4.78, 5) is 4.09. The van der Waals surface area contributed by atoms with Gasteiger partial charge >= 0.3 is 12.1 Å². The molecule has 0 amide bonds. The van der Waals surface area contributed by atoms with Gasteiger partial charge in [-0.3, -0.25) is 0 Å². The molecule has 0 aliphatic carbocycles. The monoisotopic (exact) mass is 315 g/mol. The molecule has 22 heavy (non-hydrogen) atoms. The molecule has 2 rings (SSSR count). The van der Waals surface area contributed by atoms with Gasteiger partial charge in [-0.25, -0.2) is 9.07 Å². The van der Waals surface area contributed by atoms with E-state index in [-0.39, 0.29) is 17.8 Å². The van der Waals surface area contributed by atoms with Crippen molar-refractivity contribution in [2.75, 3.05) is 0 Å². The van der Waals surface area contributed by atoms with E-state index >= 15 is 0 Å². The van der Waals surface area contributed by atoms with Crippen LogP contribution in [0.3, 0.4) is 0 Å². The number of alkyl halides is 2. The number of rotatable bonds is 5. The summed E-state index contributed by atoms with van der Waals surface area (Å²) in [5.74, 6) is -0.888. The first-order valence-corrected chi connectivity index (χ1v) is 6.63. The van der Waals surface area contributed by atoms with E-state index in [0.29, 0.717) is 12.7 Å². The van der Waals surface area contributed by atoms with E-state index in [0.717, 1.165) is 12.1 Å². The molecular formula is C14H16F3N3O2. The molecule has 2 aromatic rings. The highest BCUT2D eigenvalue weighted by atomic mass is 19.3. The van der Waals surface area contributed by atoms with Crippen molar-refractivity contribution < 1.29 is 22.6 Å². The topological polar surface area (TPSA) is 49.2 Å². The highest BCUT2D eigenvalue weighted by Crippen LogP contribution is 2.29. The molecule has 0 N–H and O–H groups in total. The van der Waals surface area contributed by atoms with Gasteiger partial charge in [-0.2, -0.15) is 18.9 Å². The second-order valence-electron chi connectivity index (χ2n) is 5.08. The molecule has 0 aliphatic rings. The SMILES string of the molecule is Cc1nc(Oc2ccc(OC(C)(F)F)c(F)c2)n(C(C)C)n1. The number of aromatic nitrogens is 3. The Balaban J connectivity index is 2.23. The van der Waals surface area contributed by atoms with Crippen LogP contribution in [-0.4, -0.2) is 20.9 Å². The van der Waals surface area contributed by atoms with Crippen LogP contribution in [0.15, 0.2) is 18.2 Å². The number of benzene rings is 1. The molecule has 0 saturated heterocycles. The summed E-state index contributed by atoms with van der Waals surface area (Å²) in [6.07, 6.45) is -3.46. The fraction of sp³-hybridized carbons (Fsp3) is 0.429. The summed E-state index contributed by atoms with van der Waals surface area (Å²) in [5.41, 5.74) is 0. The van der Waals surface area contributed by atoms with E-state index in [9.17, 15) is 13.2 Å². The van der Waals surface area contributed by atoms with E-state index in [1.807, 2.05) is 13.8 Å². The molecule has 0 unspecified atom stereocenters. The van der Waals surface area contributed by atoms with Crippen LogP contribution in [0.5, 0.6) is 17.5 Å². The van der Waals surface area contributed by atoms with Crippen molar-refractivity contribution in [3.63, 3.8) is 0 Å². The number of hydrogen-bond donors (Lipinski definition) is 0. The summed E-state index contributed by atoms with van der Waals surface area (Å²) in [6.45, 7) is 6.01. The van der Waals surface area contributed by atoms with Crippen LogP contribution in [0.2, 0.25) is 0 Å². The molecule has 0 bridgehead atoms. The number of hydrogen-bond acceptors (Lipinski definition) is 4. The van der Waals surface area contributed by atoms with Crippen LogP contribution in [0.4, 0.5) is 13.2 Å². The van der Waals surface area contributed by atoms with Crippen LogP contribution in [0.25, 0.3) is 0 Å². The van der Waals surface area contributed by atoms with Crippen LogP contribution in [0, 0.1) is 12.7 Å². The Bertz CT molecular complexity index is 666. The Morgan fingerprint density at radius 3 is 2.50 bits per heavy atom. The van der Waals surface area contributed by atoms with Gasteiger partial charge in [-0.05, 0) is 32.9 Å². The van der Waals surface area contributed by atoms with Crippen LogP contribution in [0.1, 0.15) is 32.6 Å². The lowest BCUT2D eigenvalue weighted by molar-refractivity contribution is -0.160. The first kappa shape index (κ1) is 16.1. The van der Waals surface area contributed by atoms with E-state index in [2.05, 4.69) is 14.8 Å². The minimum absolute atomic E-state index is 0.00226. The predicted molar refractivity (Wildman–Crippen MR) is 72.9 cm³/mol. The van der Waals surface area contributed by atoms with Gasteiger partial charge in [0.05, 0.1) is 6.04 Å². The van der Waals surface area contributed by atoms with Crippen LogP contribution >= 0.6 is 0 Å². The van der Waals surface area contributed by atoms with Crippen molar-refractivity contribution in [3.05, 3.63) is 29.8 Å². The maximum absolute atomic E-state index is 13.8. The van der Waals surface area contributed by atoms with Gasteiger partial charge in [-0.15, -0.1) is 0 Å². The van der Waals surface area contributed by atoms with Gasteiger partial charge in [0.1, 0.15) is 5.75 Å². The summed E-state index contributed by atoms with van der Waals surface area (Å²) in [7, 11) is 0. The normalized spacial score (nSPS) is 11.8. The summed E-state index contributed by atoms with van der Waals surface area (Å²) in [5, 5.41) is 4.16. The van der Waals surface area contributed by atoms with Gasteiger partial charge < -0.3 is 9.47 Å². The Morgan fingerprint density at radius 2 is 1.95 bits per heavy atom. The molecule has 0 saturated carbocycles. The standard InChI is InChI=1S/C14H16F3N3O2/c1-8(2)20-13(18-9(3)19-20)21-10-5-6-12(11(15)7-10)22-14(4,16)17/h5-8H,1-4H3. The van der Waals surface area contributed by atoms with Crippen LogP contribution < -0.4 is 9.47 Å². The molecule has 1 aromatic heterocycles. The van der Waals surface area contributed by atoms with Crippen molar-refractivity contribution in [2.45, 2.75) is 39.8 Å². The molecule has 0 fully saturated rings. The van der Waals surface area contributed by atoms with Crippen LogP contribution in [-0.2, 0) is 0 Å². The zero-order valence-electron chi connectivity index (χ0n) is 12.6. The number of ether oxygens (including phenoxy) is 2. The number of halogens is 3. The van der Waals surface area contributed by atoms with E-state index in [1.165, 1.54) is 10.7 Å². The molecule has 0 atom stereocenters. The van der Waals surface area contributed by atoms with Crippen molar-refractivity contribution in [2.24, 2.45) is 0 Å². The second kappa shape index (κ2) is 5.86. The van der Waals surface area contributed by atoms with E-state index in [1.54, 1.807) is 6.92 Å². The maximum Gasteiger partial charge on any atom is 0.395 e. The van der Waals surface area contributed by atoms with Gasteiger partial charge in [0.25, 0.3) is 0 Å². The predicted octanol–water partition coefficient (Wildman–Crippen LogP) is 4.09. The van der Waals surface area contributed by atoms with Gasteiger partial charge in [0.15, 0.2) is 17.4 Å². The lowest BCUT2D eigenvalue weighted by Gasteiger charge is -2.14. The first-order chi connectivity index (χ1) is 10.2. The molecule has 0 spiro atoms. The Labute approximate surface area is 125 Å². The highest BCUT2D eigenvalue weighted by Gasteiger charge is 2.25. The van der Waals surface area contributed by atoms with Crippen molar-refractivity contribution in [3.8, 4) is 17.5 Å². The highest BCUT2D eigenvalue weighted by molar-refractivity contribution is 5.34. The maximum atomic E-state index is 13.8. The lowest BCUT2D eigenvalue weighted by atomic mass is 10.3. The minimum Gasteiger partial charge on any atom is -0.430 e. The summed E-state index contributed by atoms with van der Waals surface area (Å²) >= 11 is 0. The molecule has 1 heterocycles. The average Bonchev–Trinajstić information content (AvgIpc) is 2.72. The summed E-state index contributed by atoms with van der Waals surface area (Å²) < 4.78 is 50.5. The van der Waals surface area contributed by atoms with Crippen molar-refractivity contribution >= 4 is 0 Å². The average molecular weight is 315 g/mol. The largest absolute Gasteiger partial charge is 0.430 e. The Kier molecular flexibility index (Phi) is 4.30. The van der Waals surface area contributed by atoms with Crippen molar-refractivity contribution in [1.29, 1.82) is 0 Å². The fourth-order valence-corrected chi connectivity index (χ4v) is 1.74. The third-order valence-corrected chi connectivity index (χ3v) is 2.60. The van der Waals surface area contributed by atoms with Gasteiger partial charge in [0, 0.05) is 13.0 Å². The molecule has 8 heteroatoms. The smallest absolute Gasteiger partial charge is 0.395 e. The first-order valence-electron chi connectivity index (χ1n) is 6.63. The number of aryl methyl sites for hydroxylation is 1. The zero-order valence-corrected chi connectivity index (χ0v) is 12.6. The number of nitrogens with zero attached hydrogens (tertiary/aromatic N) is 3. The minimum atomic E-state index is -3.46. The van der Waals surface area contributed by atoms with Gasteiger partial charge in [-0.1, -0.05) is 0 Å².